The van der Waals surface area contributed by atoms with Crippen LogP contribution in [-0.2, 0) is 0 Å². The molecule has 0 aliphatic carbocycles. The van der Waals surface area contributed by atoms with E-state index < -0.39 is 0 Å². The van der Waals surface area contributed by atoms with Gasteiger partial charge >= 0.3 is 0 Å². The van der Waals surface area contributed by atoms with Crippen molar-refractivity contribution in [3.63, 3.8) is 0 Å². The Kier molecular flexibility index (Phi) is 5.91. The third kappa shape index (κ3) is 4.09. The van der Waals surface area contributed by atoms with E-state index in [-0.39, 0.29) is 5.78 Å². The molecule has 2 heterocycles. The summed E-state index contributed by atoms with van der Waals surface area (Å²) < 4.78 is 11.7. The second kappa shape index (κ2) is 9.17. The van der Waals surface area contributed by atoms with Crippen LogP contribution < -0.4 is 20.5 Å². The Balaban J connectivity index is 1.64. The monoisotopic (exact) mass is 487 g/mol. The zero-order valence-corrected chi connectivity index (χ0v) is 20.1. The number of fused-ring (bicyclic) bond motifs is 1. The summed E-state index contributed by atoms with van der Waals surface area (Å²) in [5.74, 6) is 1.17. The Morgan fingerprint density at radius 2 is 1.65 bits per heavy atom. The van der Waals surface area contributed by atoms with Crippen LogP contribution in [0.2, 0.25) is 0 Å². The molecule has 3 N–H and O–H groups in total. The van der Waals surface area contributed by atoms with Gasteiger partial charge in [0.1, 0.15) is 26.4 Å². The van der Waals surface area contributed by atoms with Crippen LogP contribution >= 0.6 is 22.7 Å². The van der Waals surface area contributed by atoms with E-state index in [2.05, 4.69) is 5.32 Å². The Labute approximate surface area is 204 Å². The quantitative estimate of drug-likeness (QED) is 0.252. The fourth-order valence-electron chi connectivity index (χ4n) is 3.62. The average molecular weight is 488 g/mol. The van der Waals surface area contributed by atoms with Gasteiger partial charge in [0.2, 0.25) is 5.78 Å². The van der Waals surface area contributed by atoms with Crippen molar-refractivity contribution in [2.45, 2.75) is 0 Å². The summed E-state index contributed by atoms with van der Waals surface area (Å²) in [5.41, 5.74) is 9.99. The summed E-state index contributed by atoms with van der Waals surface area (Å²) in [6.07, 6.45) is 0. The number of carbonyl (C=O) groups excluding carboxylic acids is 1. The van der Waals surface area contributed by atoms with Gasteiger partial charge in [-0.25, -0.2) is 4.98 Å². The zero-order valence-electron chi connectivity index (χ0n) is 18.5. The number of rotatable bonds is 7. The van der Waals surface area contributed by atoms with E-state index in [0.29, 0.717) is 21.9 Å². The molecule has 170 valence electrons. The minimum absolute atomic E-state index is 0.164. The Bertz CT molecular complexity index is 1470. The number of nitrogen functional groups attached to an aromatic ring is 1. The third-order valence-electron chi connectivity index (χ3n) is 5.32. The molecule has 0 fully saturated rings. The minimum Gasteiger partial charge on any atom is -0.497 e. The highest BCUT2D eigenvalue weighted by molar-refractivity contribution is 7.23. The summed E-state index contributed by atoms with van der Waals surface area (Å²) >= 11 is 2.86. The number of thiazole rings is 1. The molecule has 0 spiro atoms. The highest BCUT2D eigenvalue weighted by Crippen LogP contribution is 2.47. The molecule has 6 nitrogen and oxygen atoms in total. The summed E-state index contributed by atoms with van der Waals surface area (Å²) in [4.78, 5) is 18.7. The zero-order chi connectivity index (χ0) is 23.7. The molecule has 2 aromatic heterocycles. The van der Waals surface area contributed by atoms with E-state index in [4.69, 9.17) is 20.2 Å². The lowest BCUT2D eigenvalue weighted by atomic mass is 10.1. The average Bonchev–Trinajstić information content (AvgIpc) is 3.44. The molecule has 0 amide bonds. The number of benzene rings is 3. The van der Waals surface area contributed by atoms with Gasteiger partial charge in [0.15, 0.2) is 0 Å². The highest BCUT2D eigenvalue weighted by atomic mass is 32.1. The van der Waals surface area contributed by atoms with Crippen molar-refractivity contribution in [3.05, 3.63) is 83.2 Å². The van der Waals surface area contributed by atoms with Gasteiger partial charge in [0.05, 0.1) is 35.7 Å². The van der Waals surface area contributed by atoms with Crippen molar-refractivity contribution in [3.8, 4) is 22.1 Å². The first-order valence-electron chi connectivity index (χ1n) is 10.5. The van der Waals surface area contributed by atoms with Gasteiger partial charge in [-0.1, -0.05) is 30.3 Å². The lowest BCUT2D eigenvalue weighted by molar-refractivity contribution is 0.104. The maximum atomic E-state index is 13.5. The number of hydrogen-bond acceptors (Lipinski definition) is 8. The normalized spacial score (nSPS) is 10.9. The molecule has 0 saturated carbocycles. The van der Waals surface area contributed by atoms with Crippen molar-refractivity contribution in [2.24, 2.45) is 0 Å². The Hall–Kier alpha value is -3.88. The number of methoxy groups -OCH3 is 2. The SMILES string of the molecule is COc1cccc(Nc2sc(C(=O)c3cccc(OC)c3)c(N)c2-c2nc3ccccc3s2)c1. The van der Waals surface area contributed by atoms with E-state index in [1.165, 1.54) is 11.3 Å². The lowest BCUT2D eigenvalue weighted by Crippen LogP contribution is -2.02. The minimum atomic E-state index is -0.164. The summed E-state index contributed by atoms with van der Waals surface area (Å²) in [7, 11) is 3.20. The Morgan fingerprint density at radius 3 is 2.41 bits per heavy atom. The van der Waals surface area contributed by atoms with Gasteiger partial charge in [-0.2, -0.15) is 0 Å². The first kappa shape index (κ1) is 21.9. The van der Waals surface area contributed by atoms with Crippen molar-refractivity contribution >= 4 is 55.0 Å². The lowest BCUT2D eigenvalue weighted by Gasteiger charge is -2.08. The topological polar surface area (TPSA) is 86.5 Å². The molecule has 5 rings (SSSR count). The van der Waals surface area contributed by atoms with Crippen molar-refractivity contribution in [1.29, 1.82) is 0 Å². The van der Waals surface area contributed by atoms with Crippen molar-refractivity contribution in [2.75, 3.05) is 25.3 Å². The smallest absolute Gasteiger partial charge is 0.205 e. The second-order valence-electron chi connectivity index (χ2n) is 7.45. The van der Waals surface area contributed by atoms with Gasteiger partial charge in [-0.15, -0.1) is 22.7 Å². The number of hydrogen-bond donors (Lipinski definition) is 2. The van der Waals surface area contributed by atoms with Crippen LogP contribution in [-0.4, -0.2) is 25.0 Å². The molecule has 8 heteroatoms. The largest absolute Gasteiger partial charge is 0.497 e. The fraction of sp³-hybridized carbons (Fsp3) is 0.0769. The molecule has 34 heavy (non-hydrogen) atoms. The van der Waals surface area contributed by atoms with Crippen LogP contribution in [0, 0.1) is 0 Å². The predicted octanol–water partition coefficient (Wildman–Crippen LogP) is 6.60. The summed E-state index contributed by atoms with van der Waals surface area (Å²) in [5, 5.41) is 4.93. The molecular formula is C26H21N3O3S2. The molecule has 5 aromatic rings. The number of anilines is 3. The Morgan fingerprint density at radius 1 is 0.912 bits per heavy atom. The maximum absolute atomic E-state index is 13.5. The molecule has 0 radical (unpaired) electrons. The predicted molar refractivity (Wildman–Crippen MR) is 140 cm³/mol. The molecule has 0 aliphatic rings. The number of nitrogens with zero attached hydrogens (tertiary/aromatic N) is 1. The van der Waals surface area contributed by atoms with Crippen molar-refractivity contribution < 1.29 is 14.3 Å². The number of carbonyl (C=O) groups is 1. The maximum Gasteiger partial charge on any atom is 0.205 e. The van der Waals surface area contributed by atoms with Gasteiger partial charge in [-0.3, -0.25) is 4.79 Å². The number of para-hydroxylation sites is 1. The molecule has 0 unspecified atom stereocenters. The molecule has 0 bridgehead atoms. The number of ketones is 1. The number of nitrogens with one attached hydrogen (secondary N) is 1. The molecule has 0 aliphatic heterocycles. The van der Waals surface area contributed by atoms with Gasteiger partial charge in [0, 0.05) is 17.3 Å². The number of nitrogens with two attached hydrogens (primary N) is 1. The highest BCUT2D eigenvalue weighted by Gasteiger charge is 2.25. The van der Waals surface area contributed by atoms with E-state index in [1.54, 1.807) is 49.8 Å². The first-order valence-corrected chi connectivity index (χ1v) is 12.1. The molecule has 0 saturated heterocycles. The first-order chi connectivity index (χ1) is 16.6. The van der Waals surface area contributed by atoms with Crippen LogP contribution in [0.25, 0.3) is 20.8 Å². The van der Waals surface area contributed by atoms with Crippen LogP contribution in [0.1, 0.15) is 15.2 Å². The molecular weight excluding hydrogens is 466 g/mol. The van der Waals surface area contributed by atoms with Crippen LogP contribution in [0.4, 0.5) is 16.4 Å². The van der Waals surface area contributed by atoms with E-state index in [0.717, 1.165) is 37.2 Å². The number of thiophene rings is 1. The van der Waals surface area contributed by atoms with E-state index in [9.17, 15) is 4.79 Å². The van der Waals surface area contributed by atoms with Crippen LogP contribution in [0.15, 0.2) is 72.8 Å². The molecule has 0 atom stereocenters. The second-order valence-corrected chi connectivity index (χ2v) is 9.51. The molecule has 3 aromatic carbocycles. The van der Waals surface area contributed by atoms with Crippen LogP contribution in [0.3, 0.4) is 0 Å². The van der Waals surface area contributed by atoms with Gasteiger partial charge < -0.3 is 20.5 Å². The summed E-state index contributed by atoms with van der Waals surface area (Å²) in [6, 6.07) is 22.6. The number of aromatic nitrogens is 1. The van der Waals surface area contributed by atoms with Crippen molar-refractivity contribution in [1.82, 2.24) is 4.98 Å². The van der Waals surface area contributed by atoms with Gasteiger partial charge in [0.25, 0.3) is 0 Å². The number of ether oxygens (including phenoxy) is 2. The third-order valence-corrected chi connectivity index (χ3v) is 7.49. The van der Waals surface area contributed by atoms with Gasteiger partial charge in [-0.05, 0) is 36.4 Å². The standard InChI is InChI=1S/C26H21N3O3S2/c1-31-17-9-5-7-15(13-17)23(30)24-22(27)21(26-29-19-11-3-4-12-20(19)33-26)25(34-24)28-16-8-6-10-18(14-16)32-2/h3-14,28H,27H2,1-2H3. The summed E-state index contributed by atoms with van der Waals surface area (Å²) in [6.45, 7) is 0. The van der Waals surface area contributed by atoms with Crippen LogP contribution in [0.5, 0.6) is 11.5 Å². The van der Waals surface area contributed by atoms with E-state index >= 15 is 0 Å². The van der Waals surface area contributed by atoms with E-state index in [1.807, 2.05) is 48.5 Å². The fourth-order valence-corrected chi connectivity index (χ4v) is 5.82.